The Bertz CT molecular complexity index is 888. The minimum absolute atomic E-state index is 0.0319. The van der Waals surface area contributed by atoms with Crippen LogP contribution in [-0.2, 0) is 6.54 Å². The van der Waals surface area contributed by atoms with E-state index in [0.29, 0.717) is 12.2 Å². The molecule has 7 heteroatoms. The summed E-state index contributed by atoms with van der Waals surface area (Å²) in [6.07, 6.45) is 9.54. The van der Waals surface area contributed by atoms with Crippen LogP contribution in [0.3, 0.4) is 0 Å². The number of thiazole rings is 1. The third-order valence-corrected chi connectivity index (χ3v) is 5.51. The van der Waals surface area contributed by atoms with Crippen LogP contribution >= 0.6 is 11.3 Å². The third-order valence-electron chi connectivity index (χ3n) is 4.74. The highest BCUT2D eigenvalue weighted by molar-refractivity contribution is 7.09. The van der Waals surface area contributed by atoms with Crippen LogP contribution in [0, 0.1) is 6.92 Å². The van der Waals surface area contributed by atoms with Crippen molar-refractivity contribution in [3.8, 4) is 0 Å². The van der Waals surface area contributed by atoms with Crippen molar-refractivity contribution in [2.24, 2.45) is 0 Å². The molecule has 1 saturated heterocycles. The minimum atomic E-state index is 0.0319. The Morgan fingerprint density at radius 1 is 1.38 bits per heavy atom. The Morgan fingerprint density at radius 2 is 2.31 bits per heavy atom. The van der Waals surface area contributed by atoms with E-state index in [2.05, 4.69) is 25.6 Å². The van der Waals surface area contributed by atoms with E-state index >= 15 is 0 Å². The Hall–Kier alpha value is -2.54. The topological polar surface area (TPSA) is 63.9 Å². The van der Waals surface area contributed by atoms with Crippen molar-refractivity contribution in [2.75, 3.05) is 13.1 Å². The van der Waals surface area contributed by atoms with E-state index in [1.54, 1.807) is 6.20 Å². The number of likely N-dealkylation sites (tertiary alicyclic amines) is 1. The van der Waals surface area contributed by atoms with Crippen LogP contribution in [0.15, 0.2) is 42.3 Å². The molecule has 0 spiro atoms. The average molecular weight is 367 g/mol. The maximum atomic E-state index is 12.7. The number of piperidine rings is 1. The maximum Gasteiger partial charge on any atom is 0.273 e. The van der Waals surface area contributed by atoms with Gasteiger partial charge in [-0.1, -0.05) is 6.07 Å². The van der Waals surface area contributed by atoms with Crippen LogP contribution in [0.4, 0.5) is 0 Å². The maximum absolute atomic E-state index is 12.7. The van der Waals surface area contributed by atoms with Crippen LogP contribution in [0.2, 0.25) is 0 Å². The van der Waals surface area contributed by atoms with Gasteiger partial charge in [-0.3, -0.25) is 9.78 Å². The predicted molar refractivity (Wildman–Crippen MR) is 100 cm³/mol. The monoisotopic (exact) mass is 367 g/mol. The number of pyridine rings is 1. The molecular formula is C19H21N5OS. The lowest BCUT2D eigenvalue weighted by molar-refractivity contribution is 0.0698. The summed E-state index contributed by atoms with van der Waals surface area (Å²) in [5.41, 5.74) is 1.71. The lowest BCUT2D eigenvalue weighted by Gasteiger charge is -2.32. The van der Waals surface area contributed by atoms with Gasteiger partial charge in [-0.05, 0) is 31.4 Å². The number of amides is 1. The van der Waals surface area contributed by atoms with Gasteiger partial charge in [0.05, 0.1) is 11.6 Å². The quantitative estimate of drug-likeness (QED) is 0.711. The number of rotatable bonds is 4. The van der Waals surface area contributed by atoms with E-state index in [4.69, 9.17) is 0 Å². The van der Waals surface area contributed by atoms with Crippen LogP contribution in [0.5, 0.6) is 0 Å². The molecule has 134 valence electrons. The van der Waals surface area contributed by atoms with Crippen molar-refractivity contribution in [2.45, 2.75) is 32.2 Å². The molecule has 0 bridgehead atoms. The van der Waals surface area contributed by atoms with E-state index in [9.17, 15) is 4.79 Å². The molecule has 26 heavy (non-hydrogen) atoms. The zero-order valence-electron chi connectivity index (χ0n) is 14.7. The van der Waals surface area contributed by atoms with Crippen LogP contribution in [0.25, 0.3) is 0 Å². The number of imidazole rings is 1. The highest BCUT2D eigenvalue weighted by atomic mass is 32.1. The molecule has 3 aromatic heterocycles. The van der Waals surface area contributed by atoms with E-state index in [0.717, 1.165) is 42.3 Å². The van der Waals surface area contributed by atoms with Gasteiger partial charge in [0.25, 0.3) is 5.91 Å². The number of hydrogen-bond donors (Lipinski definition) is 0. The molecule has 6 nitrogen and oxygen atoms in total. The molecule has 1 aliphatic heterocycles. The second-order valence-corrected chi connectivity index (χ2v) is 7.68. The Balaban J connectivity index is 1.50. The first-order valence-electron chi connectivity index (χ1n) is 8.82. The SMILES string of the molecule is Cc1nc(C(=O)N2CCC[C@H](c3nccn3Cc3cccnc3)C2)cs1. The fourth-order valence-electron chi connectivity index (χ4n) is 3.50. The van der Waals surface area contributed by atoms with Crippen molar-refractivity contribution in [3.63, 3.8) is 0 Å². The molecule has 0 unspecified atom stereocenters. The first-order valence-corrected chi connectivity index (χ1v) is 9.70. The molecule has 1 aliphatic rings. The Kier molecular flexibility index (Phi) is 4.79. The second kappa shape index (κ2) is 7.37. The molecule has 0 aromatic carbocycles. The number of nitrogens with zero attached hydrogens (tertiary/aromatic N) is 5. The molecule has 4 heterocycles. The molecule has 0 saturated carbocycles. The van der Waals surface area contributed by atoms with E-state index < -0.39 is 0 Å². The average Bonchev–Trinajstić information content (AvgIpc) is 3.31. The van der Waals surface area contributed by atoms with Gasteiger partial charge in [-0.2, -0.15) is 0 Å². The summed E-state index contributed by atoms with van der Waals surface area (Å²) in [7, 11) is 0. The number of aromatic nitrogens is 4. The lowest BCUT2D eigenvalue weighted by Crippen LogP contribution is -2.40. The van der Waals surface area contributed by atoms with Crippen molar-refractivity contribution in [1.82, 2.24) is 24.4 Å². The molecule has 1 amide bonds. The number of hydrogen-bond acceptors (Lipinski definition) is 5. The summed E-state index contributed by atoms with van der Waals surface area (Å²) in [6, 6.07) is 4.01. The largest absolute Gasteiger partial charge is 0.337 e. The molecule has 0 aliphatic carbocycles. The number of carbonyl (C=O) groups excluding carboxylic acids is 1. The summed E-state index contributed by atoms with van der Waals surface area (Å²) in [5.74, 6) is 1.32. The zero-order chi connectivity index (χ0) is 17.9. The smallest absolute Gasteiger partial charge is 0.273 e. The summed E-state index contributed by atoms with van der Waals surface area (Å²) in [6.45, 7) is 4.16. The molecule has 4 rings (SSSR count). The Morgan fingerprint density at radius 3 is 3.08 bits per heavy atom. The Labute approximate surface area is 156 Å². The summed E-state index contributed by atoms with van der Waals surface area (Å²) in [4.78, 5) is 27.8. The van der Waals surface area contributed by atoms with Gasteiger partial charge in [0, 0.05) is 49.2 Å². The van der Waals surface area contributed by atoms with Gasteiger partial charge in [0.15, 0.2) is 0 Å². The molecule has 1 atom stereocenters. The van der Waals surface area contributed by atoms with Gasteiger partial charge < -0.3 is 9.47 Å². The highest BCUT2D eigenvalue weighted by Crippen LogP contribution is 2.27. The fraction of sp³-hybridized carbons (Fsp3) is 0.368. The molecule has 0 N–H and O–H groups in total. The van der Waals surface area contributed by atoms with Crippen LogP contribution in [-0.4, -0.2) is 43.4 Å². The number of carbonyl (C=O) groups is 1. The van der Waals surface area contributed by atoms with Crippen molar-refractivity contribution < 1.29 is 4.79 Å². The van der Waals surface area contributed by atoms with Crippen LogP contribution < -0.4 is 0 Å². The van der Waals surface area contributed by atoms with Gasteiger partial charge in [-0.25, -0.2) is 9.97 Å². The normalized spacial score (nSPS) is 17.4. The summed E-state index contributed by atoms with van der Waals surface area (Å²) < 4.78 is 2.17. The lowest BCUT2D eigenvalue weighted by atomic mass is 9.96. The summed E-state index contributed by atoms with van der Waals surface area (Å²) >= 11 is 1.52. The fourth-order valence-corrected chi connectivity index (χ4v) is 4.09. The van der Waals surface area contributed by atoms with Gasteiger partial charge >= 0.3 is 0 Å². The van der Waals surface area contributed by atoms with Gasteiger partial charge in [-0.15, -0.1) is 11.3 Å². The highest BCUT2D eigenvalue weighted by Gasteiger charge is 2.28. The first kappa shape index (κ1) is 16.9. The van der Waals surface area contributed by atoms with E-state index in [1.165, 1.54) is 11.3 Å². The molecule has 3 aromatic rings. The molecule has 1 fully saturated rings. The standard InChI is InChI=1S/C19H21N5OS/c1-14-22-17(13-26-14)19(25)24-8-3-5-16(12-24)18-21-7-9-23(18)11-15-4-2-6-20-10-15/h2,4,6-7,9-10,13,16H,3,5,8,11-12H2,1H3/t16-/m0/s1. The van der Waals surface area contributed by atoms with Crippen molar-refractivity contribution in [1.29, 1.82) is 0 Å². The zero-order valence-corrected chi connectivity index (χ0v) is 15.5. The summed E-state index contributed by atoms with van der Waals surface area (Å²) in [5, 5.41) is 2.78. The third kappa shape index (κ3) is 3.53. The molecular weight excluding hydrogens is 346 g/mol. The van der Waals surface area contributed by atoms with Crippen molar-refractivity contribution >= 4 is 17.2 Å². The van der Waals surface area contributed by atoms with Crippen LogP contribution in [0.1, 0.15) is 45.6 Å². The minimum Gasteiger partial charge on any atom is -0.337 e. The first-order chi connectivity index (χ1) is 12.7. The van der Waals surface area contributed by atoms with Crippen molar-refractivity contribution in [3.05, 3.63) is 64.4 Å². The van der Waals surface area contributed by atoms with Gasteiger partial charge in [0.1, 0.15) is 11.5 Å². The van der Waals surface area contributed by atoms with E-state index in [-0.39, 0.29) is 11.8 Å². The predicted octanol–water partition coefficient (Wildman–Crippen LogP) is 3.11. The second-order valence-electron chi connectivity index (χ2n) is 6.62. The van der Waals surface area contributed by atoms with E-state index in [1.807, 2.05) is 41.9 Å². The van der Waals surface area contributed by atoms with Gasteiger partial charge in [0.2, 0.25) is 0 Å². The molecule has 0 radical (unpaired) electrons. The number of aryl methyl sites for hydroxylation is 1.